The van der Waals surface area contributed by atoms with Crippen LogP contribution in [0.4, 0.5) is 0 Å². The molecule has 0 saturated carbocycles. The largest absolute Gasteiger partial charge is 0.466 e. The number of hydrogen-bond acceptors (Lipinski definition) is 3. The average Bonchev–Trinajstić information content (AvgIpc) is 1.85. The molecule has 0 amide bonds. The second kappa shape index (κ2) is 5.41. The fourth-order valence-corrected chi connectivity index (χ4v) is 0.632. The van der Waals surface area contributed by atoms with E-state index in [0.29, 0.717) is 6.61 Å². The highest BCUT2D eigenvalue weighted by atomic mass is 79.9. The molecule has 0 rings (SSSR count). The molecule has 0 radical (unpaired) electrons. The summed E-state index contributed by atoms with van der Waals surface area (Å²) in [5.74, 6) is -0.324. The normalized spacial score (nSPS) is 9.00. The predicted octanol–water partition coefficient (Wildman–Crippen LogP) is 1.25. The molecule has 0 N–H and O–H groups in total. The molecule has 0 aromatic rings. The summed E-state index contributed by atoms with van der Waals surface area (Å²) in [5, 5.41) is 0. The van der Waals surface area contributed by atoms with Crippen LogP contribution in [0.2, 0.25) is 0 Å². The molecule has 0 fully saturated rings. The van der Waals surface area contributed by atoms with E-state index >= 15 is 0 Å². The maximum absolute atomic E-state index is 10.6. The van der Waals surface area contributed by atoms with E-state index in [-0.39, 0.29) is 23.5 Å². The van der Waals surface area contributed by atoms with Crippen LogP contribution in [0.15, 0.2) is 0 Å². The van der Waals surface area contributed by atoms with Gasteiger partial charge in [0.1, 0.15) is 0 Å². The Balaban J connectivity index is 3.30. The summed E-state index contributed by atoms with van der Waals surface area (Å²) in [6.07, 6.45) is 0.372. The van der Waals surface area contributed by atoms with Gasteiger partial charge in [-0.3, -0.25) is 9.59 Å². The number of esters is 1. The van der Waals surface area contributed by atoms with Crippen LogP contribution in [0, 0.1) is 0 Å². The molecule has 0 aliphatic carbocycles. The minimum atomic E-state index is -0.324. The molecule has 0 unspecified atom stereocenters. The molecule has 0 aromatic carbocycles. The summed E-state index contributed by atoms with van der Waals surface area (Å²) in [6, 6.07) is 0. The first-order valence-electron chi connectivity index (χ1n) is 3.00. The highest BCUT2D eigenvalue weighted by molar-refractivity contribution is 9.18. The predicted molar refractivity (Wildman–Crippen MR) is 39.8 cm³/mol. The van der Waals surface area contributed by atoms with Gasteiger partial charge in [0.25, 0.3) is 0 Å². The topological polar surface area (TPSA) is 43.4 Å². The zero-order valence-electron chi connectivity index (χ0n) is 5.72. The van der Waals surface area contributed by atoms with E-state index in [9.17, 15) is 9.59 Å². The highest BCUT2D eigenvalue weighted by Gasteiger charge is 2.03. The van der Waals surface area contributed by atoms with Gasteiger partial charge in [-0.15, -0.1) is 0 Å². The smallest absolute Gasteiger partial charge is 0.306 e. The molecule has 0 aromatic heterocycles. The Labute approximate surface area is 67.9 Å². The number of ether oxygens (including phenoxy) is 1. The SMILES string of the molecule is CCOC(=O)CCC(=O)Br. The molecule has 0 heterocycles. The lowest BCUT2D eigenvalue weighted by atomic mass is 10.3. The van der Waals surface area contributed by atoms with Crippen molar-refractivity contribution >= 4 is 26.6 Å². The second-order valence-electron chi connectivity index (χ2n) is 1.66. The highest BCUT2D eigenvalue weighted by Crippen LogP contribution is 1.98. The Hall–Kier alpha value is -0.380. The van der Waals surface area contributed by atoms with Gasteiger partial charge in [0.2, 0.25) is 0 Å². The Kier molecular flexibility index (Phi) is 5.20. The van der Waals surface area contributed by atoms with Crippen molar-refractivity contribution in [3.05, 3.63) is 0 Å². The van der Waals surface area contributed by atoms with Gasteiger partial charge in [-0.2, -0.15) is 0 Å². The molecule has 0 aliphatic heterocycles. The van der Waals surface area contributed by atoms with Crippen molar-refractivity contribution in [2.24, 2.45) is 0 Å². The molecule has 4 heteroatoms. The van der Waals surface area contributed by atoms with Gasteiger partial charge in [-0.1, -0.05) is 0 Å². The van der Waals surface area contributed by atoms with Crippen LogP contribution in [0.5, 0.6) is 0 Å². The van der Waals surface area contributed by atoms with Crippen molar-refractivity contribution in [1.82, 2.24) is 0 Å². The van der Waals surface area contributed by atoms with Gasteiger partial charge >= 0.3 is 5.97 Å². The van der Waals surface area contributed by atoms with E-state index < -0.39 is 0 Å². The fraction of sp³-hybridized carbons (Fsp3) is 0.667. The van der Waals surface area contributed by atoms with E-state index in [1.54, 1.807) is 6.92 Å². The van der Waals surface area contributed by atoms with Gasteiger partial charge < -0.3 is 4.74 Å². The summed E-state index contributed by atoms with van der Waals surface area (Å²) in [5.41, 5.74) is 0. The number of carbonyl (C=O) groups excluding carboxylic acids is 2. The lowest BCUT2D eigenvalue weighted by Crippen LogP contribution is -2.04. The van der Waals surface area contributed by atoms with Crippen LogP contribution < -0.4 is 0 Å². The summed E-state index contributed by atoms with van der Waals surface area (Å²) < 4.78 is 4.41. The van der Waals surface area contributed by atoms with E-state index in [0.717, 1.165) is 0 Å². The maximum atomic E-state index is 10.6. The van der Waals surface area contributed by atoms with Crippen LogP contribution in [0.1, 0.15) is 19.8 Å². The van der Waals surface area contributed by atoms with E-state index in [2.05, 4.69) is 20.7 Å². The Bertz CT molecular complexity index is 133. The molecule has 0 saturated heterocycles. The molecule has 0 bridgehead atoms. The number of hydrogen-bond donors (Lipinski definition) is 0. The van der Waals surface area contributed by atoms with Crippen molar-refractivity contribution in [2.45, 2.75) is 19.8 Å². The molecule has 3 nitrogen and oxygen atoms in total. The van der Waals surface area contributed by atoms with E-state index in [1.807, 2.05) is 0 Å². The van der Waals surface area contributed by atoms with Gasteiger partial charge in [0, 0.05) is 6.42 Å². The second-order valence-corrected chi connectivity index (χ2v) is 2.54. The molecule has 0 atom stereocenters. The minimum Gasteiger partial charge on any atom is -0.466 e. The van der Waals surface area contributed by atoms with Gasteiger partial charge in [0.05, 0.1) is 13.0 Å². The summed E-state index contributed by atoms with van der Waals surface area (Å²) in [4.78, 5) is 20.8. The van der Waals surface area contributed by atoms with Crippen LogP contribution in [0.3, 0.4) is 0 Å². The zero-order chi connectivity index (χ0) is 7.98. The first kappa shape index (κ1) is 9.62. The first-order chi connectivity index (χ1) is 4.66. The Morgan fingerprint density at radius 2 is 2.00 bits per heavy atom. The van der Waals surface area contributed by atoms with Crippen LogP contribution in [0.25, 0.3) is 0 Å². The van der Waals surface area contributed by atoms with Crippen molar-refractivity contribution < 1.29 is 14.3 Å². The third kappa shape index (κ3) is 5.75. The third-order valence-corrected chi connectivity index (χ3v) is 1.23. The molecule has 0 spiro atoms. The number of halogens is 1. The van der Waals surface area contributed by atoms with E-state index in [1.165, 1.54) is 0 Å². The van der Waals surface area contributed by atoms with Crippen LogP contribution in [-0.2, 0) is 14.3 Å². The minimum absolute atomic E-state index is 0.165. The summed E-state index contributed by atoms with van der Waals surface area (Å²) >= 11 is 2.71. The molecule has 0 aliphatic rings. The summed E-state index contributed by atoms with van der Waals surface area (Å²) in [7, 11) is 0. The molecular weight excluding hydrogens is 200 g/mol. The Morgan fingerprint density at radius 3 is 2.40 bits per heavy atom. The van der Waals surface area contributed by atoms with Crippen molar-refractivity contribution in [3.8, 4) is 0 Å². The quantitative estimate of drug-likeness (QED) is 0.516. The standard InChI is InChI=1S/C6H9BrO3/c1-2-10-6(9)4-3-5(7)8/h2-4H2,1H3. The van der Waals surface area contributed by atoms with Crippen molar-refractivity contribution in [2.75, 3.05) is 6.61 Å². The number of rotatable bonds is 4. The van der Waals surface area contributed by atoms with E-state index in [4.69, 9.17) is 0 Å². The average molecular weight is 209 g/mol. The molecule has 10 heavy (non-hydrogen) atoms. The van der Waals surface area contributed by atoms with Gasteiger partial charge in [-0.25, -0.2) is 0 Å². The van der Waals surface area contributed by atoms with Gasteiger partial charge in [-0.05, 0) is 22.9 Å². The maximum Gasteiger partial charge on any atom is 0.306 e. The Morgan fingerprint density at radius 1 is 1.40 bits per heavy atom. The lowest BCUT2D eigenvalue weighted by Gasteiger charge is -1.97. The van der Waals surface area contributed by atoms with Crippen LogP contribution in [-0.4, -0.2) is 17.3 Å². The van der Waals surface area contributed by atoms with Crippen molar-refractivity contribution in [3.63, 3.8) is 0 Å². The van der Waals surface area contributed by atoms with Crippen molar-refractivity contribution in [1.29, 1.82) is 0 Å². The van der Waals surface area contributed by atoms with Gasteiger partial charge in [0.15, 0.2) is 4.69 Å². The monoisotopic (exact) mass is 208 g/mol. The lowest BCUT2D eigenvalue weighted by molar-refractivity contribution is -0.143. The summed E-state index contributed by atoms with van der Waals surface area (Å²) in [6.45, 7) is 2.10. The van der Waals surface area contributed by atoms with Crippen LogP contribution >= 0.6 is 15.9 Å². The first-order valence-corrected chi connectivity index (χ1v) is 3.80. The third-order valence-electron chi connectivity index (χ3n) is 0.831. The molecule has 58 valence electrons. The fourth-order valence-electron chi connectivity index (χ4n) is 0.433. The molecular formula is C6H9BrO3. The zero-order valence-corrected chi connectivity index (χ0v) is 7.31. The number of carbonyl (C=O) groups is 2.